The zero-order valence-corrected chi connectivity index (χ0v) is 11.0. The Bertz CT molecular complexity index is 277. The molecule has 0 aliphatic carbocycles. The summed E-state index contributed by atoms with van der Waals surface area (Å²) in [4.78, 5) is 16.3. The van der Waals surface area contributed by atoms with Crippen LogP contribution in [0.1, 0.15) is 33.1 Å². The Morgan fingerprint density at radius 1 is 1.24 bits per heavy atom. The van der Waals surface area contributed by atoms with Crippen molar-refractivity contribution in [2.75, 3.05) is 32.7 Å². The number of rotatable bonds is 5. The van der Waals surface area contributed by atoms with Crippen molar-refractivity contribution in [1.29, 1.82) is 5.26 Å². The maximum atomic E-state index is 12.1. The van der Waals surface area contributed by atoms with Gasteiger partial charge in [-0.3, -0.25) is 9.69 Å². The molecule has 0 radical (unpaired) electrons. The molecule has 96 valence electrons. The molecular formula is C13H23N3O. The van der Waals surface area contributed by atoms with Gasteiger partial charge in [0.15, 0.2) is 0 Å². The Labute approximate surface area is 104 Å². The summed E-state index contributed by atoms with van der Waals surface area (Å²) in [5, 5.41) is 8.99. The van der Waals surface area contributed by atoms with Gasteiger partial charge in [-0.15, -0.1) is 0 Å². The Balaban J connectivity index is 2.42. The van der Waals surface area contributed by atoms with Crippen LogP contribution in [0.2, 0.25) is 0 Å². The van der Waals surface area contributed by atoms with Crippen LogP contribution in [0.25, 0.3) is 0 Å². The molecule has 1 saturated heterocycles. The van der Waals surface area contributed by atoms with E-state index >= 15 is 0 Å². The Hall–Kier alpha value is -1.08. The molecule has 0 N–H and O–H groups in total. The smallest absolute Gasteiger partial charge is 0.240 e. The number of piperazine rings is 1. The second-order valence-corrected chi connectivity index (χ2v) is 4.64. The number of carbonyl (C=O) groups is 1. The summed E-state index contributed by atoms with van der Waals surface area (Å²) < 4.78 is 0. The van der Waals surface area contributed by atoms with Gasteiger partial charge < -0.3 is 4.90 Å². The largest absolute Gasteiger partial charge is 0.339 e. The third kappa shape index (κ3) is 4.01. The molecule has 1 atom stereocenters. The number of nitriles is 1. The van der Waals surface area contributed by atoms with Gasteiger partial charge >= 0.3 is 0 Å². The lowest BCUT2D eigenvalue weighted by Crippen LogP contribution is -2.50. The van der Waals surface area contributed by atoms with Crippen LogP contribution in [-0.2, 0) is 4.79 Å². The summed E-state index contributed by atoms with van der Waals surface area (Å²) in [7, 11) is 0. The second-order valence-electron chi connectivity index (χ2n) is 4.64. The van der Waals surface area contributed by atoms with Gasteiger partial charge in [0.25, 0.3) is 0 Å². The highest BCUT2D eigenvalue weighted by Crippen LogP contribution is 2.12. The van der Waals surface area contributed by atoms with Crippen molar-refractivity contribution in [3.05, 3.63) is 0 Å². The third-order valence-electron chi connectivity index (χ3n) is 3.26. The standard InChI is InChI=1S/C13H23N3O/c1-3-5-12(11-14)13(17)16-9-7-15(6-4-2)8-10-16/h12H,3-10H2,1-2H3. The number of amides is 1. The molecule has 1 fully saturated rings. The number of hydrogen-bond acceptors (Lipinski definition) is 3. The van der Waals surface area contributed by atoms with Crippen molar-refractivity contribution in [3.63, 3.8) is 0 Å². The van der Waals surface area contributed by atoms with Crippen LogP contribution in [0.3, 0.4) is 0 Å². The molecule has 1 aliphatic heterocycles. The van der Waals surface area contributed by atoms with Gasteiger partial charge in [-0.05, 0) is 19.4 Å². The number of hydrogen-bond donors (Lipinski definition) is 0. The molecule has 4 nitrogen and oxygen atoms in total. The molecule has 1 unspecified atom stereocenters. The quantitative estimate of drug-likeness (QED) is 0.727. The Kier molecular flexibility index (Phi) is 5.99. The molecule has 0 spiro atoms. The van der Waals surface area contributed by atoms with Crippen molar-refractivity contribution in [1.82, 2.24) is 9.80 Å². The first-order valence-corrected chi connectivity index (χ1v) is 6.63. The summed E-state index contributed by atoms with van der Waals surface area (Å²) in [5.74, 6) is -0.400. The van der Waals surface area contributed by atoms with Gasteiger partial charge in [0.1, 0.15) is 5.92 Å². The first kappa shape index (κ1) is 14.0. The van der Waals surface area contributed by atoms with Crippen LogP contribution in [0.5, 0.6) is 0 Å². The molecule has 17 heavy (non-hydrogen) atoms. The first-order valence-electron chi connectivity index (χ1n) is 6.63. The highest BCUT2D eigenvalue weighted by Gasteiger charge is 2.26. The van der Waals surface area contributed by atoms with E-state index in [-0.39, 0.29) is 5.91 Å². The molecule has 0 saturated carbocycles. The molecule has 1 heterocycles. The summed E-state index contributed by atoms with van der Waals surface area (Å²) in [5.41, 5.74) is 0. The normalized spacial score (nSPS) is 18.8. The van der Waals surface area contributed by atoms with Crippen molar-refractivity contribution in [2.24, 2.45) is 5.92 Å². The number of carbonyl (C=O) groups excluding carboxylic acids is 1. The van der Waals surface area contributed by atoms with Crippen molar-refractivity contribution < 1.29 is 4.79 Å². The summed E-state index contributed by atoms with van der Waals surface area (Å²) in [6.45, 7) is 8.75. The fourth-order valence-electron chi connectivity index (χ4n) is 2.26. The van der Waals surface area contributed by atoms with Gasteiger partial charge in [0.2, 0.25) is 5.91 Å². The Morgan fingerprint density at radius 3 is 2.35 bits per heavy atom. The highest BCUT2D eigenvalue weighted by atomic mass is 16.2. The van der Waals surface area contributed by atoms with Crippen LogP contribution in [0.15, 0.2) is 0 Å². The number of nitrogens with zero attached hydrogens (tertiary/aromatic N) is 3. The average molecular weight is 237 g/mol. The van der Waals surface area contributed by atoms with E-state index in [0.717, 1.165) is 45.6 Å². The molecule has 1 aliphatic rings. The minimum atomic E-state index is -0.433. The summed E-state index contributed by atoms with van der Waals surface area (Å²) >= 11 is 0. The second kappa shape index (κ2) is 7.29. The zero-order valence-electron chi connectivity index (χ0n) is 11.0. The van der Waals surface area contributed by atoms with E-state index in [4.69, 9.17) is 5.26 Å². The molecule has 0 aromatic carbocycles. The molecule has 1 amide bonds. The topological polar surface area (TPSA) is 47.3 Å². The molecule has 4 heteroatoms. The van der Waals surface area contributed by atoms with Crippen LogP contribution in [0.4, 0.5) is 0 Å². The predicted octanol–water partition coefficient (Wildman–Crippen LogP) is 1.48. The van der Waals surface area contributed by atoms with Crippen LogP contribution < -0.4 is 0 Å². The summed E-state index contributed by atoms with van der Waals surface area (Å²) in [6, 6.07) is 2.13. The van der Waals surface area contributed by atoms with E-state index in [1.165, 1.54) is 0 Å². The molecule has 0 bridgehead atoms. The average Bonchev–Trinajstić information content (AvgIpc) is 2.36. The fraction of sp³-hybridized carbons (Fsp3) is 0.846. The van der Waals surface area contributed by atoms with Crippen LogP contribution in [-0.4, -0.2) is 48.4 Å². The Morgan fingerprint density at radius 2 is 1.88 bits per heavy atom. The molecule has 1 rings (SSSR count). The van der Waals surface area contributed by atoms with Gasteiger partial charge in [0.05, 0.1) is 6.07 Å². The van der Waals surface area contributed by atoms with Crippen LogP contribution >= 0.6 is 0 Å². The molecular weight excluding hydrogens is 214 g/mol. The third-order valence-corrected chi connectivity index (χ3v) is 3.26. The highest BCUT2D eigenvalue weighted by molar-refractivity contribution is 5.81. The summed E-state index contributed by atoms with van der Waals surface area (Å²) in [6.07, 6.45) is 2.73. The van der Waals surface area contributed by atoms with E-state index < -0.39 is 5.92 Å². The lowest BCUT2D eigenvalue weighted by Gasteiger charge is -2.35. The van der Waals surface area contributed by atoms with Gasteiger partial charge in [-0.1, -0.05) is 20.3 Å². The monoisotopic (exact) mass is 237 g/mol. The minimum Gasteiger partial charge on any atom is -0.339 e. The van der Waals surface area contributed by atoms with Crippen molar-refractivity contribution >= 4 is 5.91 Å². The predicted molar refractivity (Wildman–Crippen MR) is 67.3 cm³/mol. The van der Waals surface area contributed by atoms with Crippen LogP contribution in [0, 0.1) is 17.2 Å². The zero-order chi connectivity index (χ0) is 12.7. The first-order chi connectivity index (χ1) is 8.22. The minimum absolute atomic E-state index is 0.0329. The van der Waals surface area contributed by atoms with Crippen molar-refractivity contribution in [2.45, 2.75) is 33.1 Å². The van der Waals surface area contributed by atoms with E-state index in [2.05, 4.69) is 17.9 Å². The van der Waals surface area contributed by atoms with Gasteiger partial charge in [-0.25, -0.2) is 0 Å². The maximum absolute atomic E-state index is 12.1. The lowest BCUT2D eigenvalue weighted by molar-refractivity contribution is -0.135. The molecule has 0 aromatic rings. The van der Waals surface area contributed by atoms with E-state index in [0.29, 0.717) is 6.42 Å². The molecule has 0 aromatic heterocycles. The van der Waals surface area contributed by atoms with E-state index in [1.54, 1.807) is 0 Å². The maximum Gasteiger partial charge on any atom is 0.240 e. The lowest BCUT2D eigenvalue weighted by atomic mass is 10.0. The SMILES string of the molecule is CCCC(C#N)C(=O)N1CCN(CCC)CC1. The van der Waals surface area contributed by atoms with Gasteiger partial charge in [0, 0.05) is 26.2 Å². The van der Waals surface area contributed by atoms with Gasteiger partial charge in [-0.2, -0.15) is 5.26 Å². The fourth-order valence-corrected chi connectivity index (χ4v) is 2.26. The van der Waals surface area contributed by atoms with E-state index in [1.807, 2.05) is 11.8 Å². The van der Waals surface area contributed by atoms with Crippen molar-refractivity contribution in [3.8, 4) is 6.07 Å². The van der Waals surface area contributed by atoms with E-state index in [9.17, 15) is 4.79 Å².